The minimum atomic E-state index is -0.0160. The molecule has 1 aromatic heterocycles. The Balaban J connectivity index is 1.40. The summed E-state index contributed by atoms with van der Waals surface area (Å²) in [6.45, 7) is 3.67. The zero-order valence-electron chi connectivity index (χ0n) is 19.9. The normalized spacial score (nSPS) is 18.4. The second-order valence-electron chi connectivity index (χ2n) is 8.58. The van der Waals surface area contributed by atoms with E-state index in [1.807, 2.05) is 17.0 Å². The van der Waals surface area contributed by atoms with Gasteiger partial charge in [-0.1, -0.05) is 0 Å². The van der Waals surface area contributed by atoms with Crippen molar-refractivity contribution in [1.82, 2.24) is 20.0 Å². The molecule has 9 nitrogen and oxygen atoms in total. The van der Waals surface area contributed by atoms with Gasteiger partial charge >= 0.3 is 0 Å². The number of aromatic amines is 1. The summed E-state index contributed by atoms with van der Waals surface area (Å²) in [6.07, 6.45) is 4.57. The Labute approximate surface area is 194 Å². The standard InChI is InChI=1S/C24H34N4O5/c1-30-18-7-11-27(12-8-18)17-5-9-28(10-6-17)24(29)20-15-19(25-26-20)16-13-21(31-2)23(33-4)22(14-16)32-3/h13-15,17-18H,5-12H2,1-4H3,(H,25,26). The van der Waals surface area contributed by atoms with E-state index >= 15 is 0 Å². The molecule has 0 unspecified atom stereocenters. The lowest BCUT2D eigenvalue weighted by atomic mass is 9.98. The fourth-order valence-corrected chi connectivity index (χ4v) is 4.89. The van der Waals surface area contributed by atoms with Crippen LogP contribution < -0.4 is 14.2 Å². The van der Waals surface area contributed by atoms with Crippen LogP contribution in [0.25, 0.3) is 11.3 Å². The molecule has 9 heteroatoms. The molecule has 2 aliphatic heterocycles. The largest absolute Gasteiger partial charge is 0.493 e. The van der Waals surface area contributed by atoms with Crippen molar-refractivity contribution in [1.29, 1.82) is 0 Å². The molecule has 2 saturated heterocycles. The highest BCUT2D eigenvalue weighted by atomic mass is 16.5. The van der Waals surface area contributed by atoms with Crippen LogP contribution in [0, 0.1) is 0 Å². The summed E-state index contributed by atoms with van der Waals surface area (Å²) in [5.74, 6) is 1.58. The summed E-state index contributed by atoms with van der Waals surface area (Å²) in [6, 6.07) is 5.97. The zero-order chi connectivity index (χ0) is 23.4. The summed E-state index contributed by atoms with van der Waals surface area (Å²) in [5, 5.41) is 7.28. The maximum Gasteiger partial charge on any atom is 0.271 e. The van der Waals surface area contributed by atoms with Gasteiger partial charge in [0.15, 0.2) is 11.5 Å². The smallest absolute Gasteiger partial charge is 0.271 e. The third kappa shape index (κ3) is 4.94. The van der Waals surface area contributed by atoms with E-state index in [9.17, 15) is 4.79 Å². The van der Waals surface area contributed by atoms with Crippen molar-refractivity contribution in [2.75, 3.05) is 54.6 Å². The van der Waals surface area contributed by atoms with Gasteiger partial charge in [0.05, 0.1) is 33.1 Å². The molecule has 180 valence electrons. The van der Waals surface area contributed by atoms with E-state index in [-0.39, 0.29) is 5.91 Å². The number of H-pyrrole nitrogens is 1. The first-order chi connectivity index (χ1) is 16.1. The van der Waals surface area contributed by atoms with E-state index < -0.39 is 0 Å². The number of likely N-dealkylation sites (tertiary alicyclic amines) is 2. The number of carbonyl (C=O) groups is 1. The second kappa shape index (κ2) is 10.4. The van der Waals surface area contributed by atoms with Crippen molar-refractivity contribution in [3.63, 3.8) is 0 Å². The number of hydrogen-bond acceptors (Lipinski definition) is 7. The molecular weight excluding hydrogens is 424 g/mol. The average molecular weight is 459 g/mol. The maximum atomic E-state index is 13.1. The van der Waals surface area contributed by atoms with Crippen LogP contribution in [0.2, 0.25) is 0 Å². The van der Waals surface area contributed by atoms with Crippen LogP contribution in [0.1, 0.15) is 36.2 Å². The van der Waals surface area contributed by atoms with Gasteiger partial charge in [-0.25, -0.2) is 0 Å². The van der Waals surface area contributed by atoms with Gasteiger partial charge in [-0.15, -0.1) is 0 Å². The molecule has 0 aliphatic carbocycles. The number of piperidine rings is 2. The fraction of sp³-hybridized carbons (Fsp3) is 0.583. The van der Waals surface area contributed by atoms with Crippen LogP contribution in [0.15, 0.2) is 18.2 Å². The number of rotatable bonds is 7. The predicted octanol–water partition coefficient (Wildman–Crippen LogP) is 2.82. The van der Waals surface area contributed by atoms with Gasteiger partial charge in [0.25, 0.3) is 5.91 Å². The first-order valence-corrected chi connectivity index (χ1v) is 11.5. The summed E-state index contributed by atoms with van der Waals surface area (Å²) in [4.78, 5) is 17.6. The van der Waals surface area contributed by atoms with Gasteiger partial charge in [-0.3, -0.25) is 9.89 Å². The summed E-state index contributed by atoms with van der Waals surface area (Å²) in [5.41, 5.74) is 1.91. The molecule has 1 aromatic carbocycles. The van der Waals surface area contributed by atoms with Gasteiger partial charge in [0.2, 0.25) is 5.75 Å². The summed E-state index contributed by atoms with van der Waals surface area (Å²) >= 11 is 0. The van der Waals surface area contributed by atoms with E-state index in [0.29, 0.717) is 40.8 Å². The number of nitrogens with zero attached hydrogens (tertiary/aromatic N) is 3. The SMILES string of the molecule is COc1cc(-c2cc(C(=O)N3CCC(N4CCC(OC)CC4)CC3)[nH]n2)cc(OC)c1OC. The molecular formula is C24H34N4O5. The number of nitrogens with one attached hydrogen (secondary N) is 1. The molecule has 0 atom stereocenters. The van der Waals surface area contributed by atoms with Crippen LogP contribution >= 0.6 is 0 Å². The molecule has 0 radical (unpaired) electrons. The Morgan fingerprint density at radius 2 is 1.55 bits per heavy atom. The molecule has 0 spiro atoms. The minimum absolute atomic E-state index is 0.0160. The number of aromatic nitrogens is 2. The van der Waals surface area contributed by atoms with Crippen molar-refractivity contribution in [2.45, 2.75) is 37.8 Å². The Morgan fingerprint density at radius 1 is 0.909 bits per heavy atom. The molecule has 0 bridgehead atoms. The fourth-order valence-electron chi connectivity index (χ4n) is 4.89. The second-order valence-corrected chi connectivity index (χ2v) is 8.58. The van der Waals surface area contributed by atoms with E-state index in [0.717, 1.165) is 57.4 Å². The summed E-state index contributed by atoms with van der Waals surface area (Å²) in [7, 11) is 6.51. The third-order valence-electron chi connectivity index (χ3n) is 6.85. The Hall–Kier alpha value is -2.78. The Morgan fingerprint density at radius 3 is 2.09 bits per heavy atom. The van der Waals surface area contributed by atoms with Crippen molar-refractivity contribution in [2.24, 2.45) is 0 Å². The number of ether oxygens (including phenoxy) is 4. The number of benzene rings is 1. The van der Waals surface area contributed by atoms with Gasteiger partial charge < -0.3 is 28.7 Å². The topological polar surface area (TPSA) is 89.2 Å². The zero-order valence-corrected chi connectivity index (χ0v) is 19.9. The van der Waals surface area contributed by atoms with Crippen LogP contribution in [0.5, 0.6) is 17.2 Å². The molecule has 2 aromatic rings. The maximum absolute atomic E-state index is 13.1. The molecule has 1 N–H and O–H groups in total. The lowest BCUT2D eigenvalue weighted by Crippen LogP contribution is -2.49. The molecule has 1 amide bonds. The predicted molar refractivity (Wildman–Crippen MR) is 124 cm³/mol. The van der Waals surface area contributed by atoms with Gasteiger partial charge in [0, 0.05) is 44.9 Å². The monoisotopic (exact) mass is 458 g/mol. The van der Waals surface area contributed by atoms with Crippen molar-refractivity contribution in [3.8, 4) is 28.5 Å². The van der Waals surface area contributed by atoms with Crippen molar-refractivity contribution >= 4 is 5.91 Å². The highest BCUT2D eigenvalue weighted by Crippen LogP contribution is 2.41. The first kappa shape index (κ1) is 23.4. The van der Waals surface area contributed by atoms with Crippen LogP contribution in [-0.2, 0) is 4.74 Å². The van der Waals surface area contributed by atoms with Crippen molar-refractivity contribution in [3.05, 3.63) is 23.9 Å². The van der Waals surface area contributed by atoms with E-state index in [4.69, 9.17) is 18.9 Å². The number of carbonyl (C=O) groups excluding carboxylic acids is 1. The highest BCUT2D eigenvalue weighted by molar-refractivity contribution is 5.93. The van der Waals surface area contributed by atoms with E-state index in [1.54, 1.807) is 34.5 Å². The van der Waals surface area contributed by atoms with Crippen molar-refractivity contribution < 1.29 is 23.7 Å². The molecule has 2 fully saturated rings. The lowest BCUT2D eigenvalue weighted by Gasteiger charge is -2.41. The van der Waals surface area contributed by atoms with Crippen LogP contribution in [0.3, 0.4) is 0 Å². The average Bonchev–Trinajstić information content (AvgIpc) is 3.38. The molecule has 2 aliphatic rings. The number of hydrogen-bond donors (Lipinski definition) is 1. The Kier molecular flexibility index (Phi) is 7.39. The van der Waals surface area contributed by atoms with E-state index in [2.05, 4.69) is 15.1 Å². The third-order valence-corrected chi connectivity index (χ3v) is 6.85. The number of amides is 1. The summed E-state index contributed by atoms with van der Waals surface area (Å²) < 4.78 is 21.7. The molecule has 0 saturated carbocycles. The quantitative estimate of drug-likeness (QED) is 0.682. The lowest BCUT2D eigenvalue weighted by molar-refractivity contribution is 0.0145. The molecule has 3 heterocycles. The highest BCUT2D eigenvalue weighted by Gasteiger charge is 2.30. The van der Waals surface area contributed by atoms with E-state index in [1.165, 1.54) is 0 Å². The van der Waals surface area contributed by atoms with Crippen LogP contribution in [-0.4, -0.2) is 92.7 Å². The first-order valence-electron chi connectivity index (χ1n) is 11.5. The van der Waals surface area contributed by atoms with Gasteiger partial charge in [0.1, 0.15) is 5.69 Å². The van der Waals surface area contributed by atoms with Gasteiger partial charge in [-0.2, -0.15) is 5.10 Å². The molecule has 33 heavy (non-hydrogen) atoms. The van der Waals surface area contributed by atoms with Gasteiger partial charge in [-0.05, 0) is 43.9 Å². The molecule has 4 rings (SSSR count). The number of methoxy groups -OCH3 is 4. The van der Waals surface area contributed by atoms with Crippen LogP contribution in [0.4, 0.5) is 0 Å². The Bertz CT molecular complexity index is 921. The minimum Gasteiger partial charge on any atom is -0.493 e.